The number of benzene rings is 10. The number of aryl methyl sites for hydroxylation is 16. The molecule has 642 valence electrons. The van der Waals surface area contributed by atoms with Crippen molar-refractivity contribution in [1.29, 1.82) is 0 Å². The van der Waals surface area contributed by atoms with Crippen LogP contribution in [0.15, 0.2) is 189 Å². The van der Waals surface area contributed by atoms with E-state index in [0.29, 0.717) is 0 Å². The van der Waals surface area contributed by atoms with Gasteiger partial charge in [0.05, 0.1) is 14.2 Å². The Labute approximate surface area is 735 Å². The SMILES string of the molecule is CCCc1cc(CCC)cc(C(c2cc(CCC)cc(CCC)c2)c2cc(OC)cc(C(c3cc(CCC)cc(CCC)c3)c3cc(CCC)cc(CCC)c3)c2-n2cc[n+](-c3c(C(c4cc(CCC)cc(CCC)c4)c4cc(CCC)cc(CCC)c4)cc(OC)cc3C(c3cc(CCC)cc(CCC)c3)c3cc(CCC)cc(CCC)c3)c2)c1. The predicted octanol–water partition coefficient (Wildman–Crippen LogP) is 30.7. The molecule has 0 aliphatic heterocycles. The average molecular weight is 1620 g/mol. The molecular formula is C117H153N2O2+. The van der Waals surface area contributed by atoms with Crippen LogP contribution in [-0.4, -0.2) is 18.8 Å². The Morgan fingerprint density at radius 2 is 0.372 bits per heavy atom. The van der Waals surface area contributed by atoms with Crippen LogP contribution in [-0.2, 0) is 103 Å². The molecule has 0 saturated carbocycles. The summed E-state index contributed by atoms with van der Waals surface area (Å²) >= 11 is 0. The fourth-order valence-corrected chi connectivity index (χ4v) is 20.4. The lowest BCUT2D eigenvalue weighted by atomic mass is 9.76. The van der Waals surface area contributed by atoms with E-state index in [9.17, 15) is 0 Å². The highest BCUT2D eigenvalue weighted by Gasteiger charge is 2.37. The summed E-state index contributed by atoms with van der Waals surface area (Å²) in [7, 11) is 3.86. The lowest BCUT2D eigenvalue weighted by molar-refractivity contribution is -0.595. The first-order valence-corrected chi connectivity index (χ1v) is 48.6. The van der Waals surface area contributed by atoms with E-state index in [4.69, 9.17) is 9.47 Å². The third-order valence-electron chi connectivity index (χ3n) is 25.0. The van der Waals surface area contributed by atoms with E-state index in [-0.39, 0.29) is 23.7 Å². The first-order chi connectivity index (χ1) is 59.1. The van der Waals surface area contributed by atoms with Gasteiger partial charge < -0.3 is 9.47 Å². The molecule has 1 aromatic heterocycles. The van der Waals surface area contributed by atoms with Gasteiger partial charge in [-0.3, -0.25) is 0 Å². The van der Waals surface area contributed by atoms with Crippen LogP contribution in [0.4, 0.5) is 0 Å². The van der Waals surface area contributed by atoms with E-state index in [1.807, 2.05) is 14.2 Å². The van der Waals surface area contributed by atoms with E-state index in [1.165, 1.54) is 167 Å². The van der Waals surface area contributed by atoms with Crippen molar-refractivity contribution < 1.29 is 14.0 Å². The summed E-state index contributed by atoms with van der Waals surface area (Å²) in [6, 6.07) is 72.2. The third kappa shape index (κ3) is 23.7. The van der Waals surface area contributed by atoms with E-state index in [2.05, 4.69) is 308 Å². The molecule has 0 amide bonds. The maximum Gasteiger partial charge on any atom is 0.254 e. The summed E-state index contributed by atoms with van der Waals surface area (Å²) < 4.78 is 19.3. The number of rotatable bonds is 48. The van der Waals surface area contributed by atoms with Gasteiger partial charge in [-0.05, 0) is 261 Å². The Morgan fingerprint density at radius 3 is 0.529 bits per heavy atom. The Bertz CT molecular complexity index is 4100. The summed E-state index contributed by atoms with van der Waals surface area (Å²) in [5, 5.41) is 0. The molecule has 0 aliphatic carbocycles. The van der Waals surface area contributed by atoms with E-state index >= 15 is 0 Å². The van der Waals surface area contributed by atoms with Gasteiger partial charge in [0.1, 0.15) is 35.3 Å². The number of nitrogens with zero attached hydrogens (tertiary/aromatic N) is 2. The molecule has 121 heavy (non-hydrogen) atoms. The number of hydrogen-bond donors (Lipinski definition) is 0. The summed E-state index contributed by atoms with van der Waals surface area (Å²) in [4.78, 5) is 0. The van der Waals surface area contributed by atoms with E-state index in [1.54, 1.807) is 0 Å². The van der Waals surface area contributed by atoms with Crippen LogP contribution in [0.2, 0.25) is 0 Å². The van der Waals surface area contributed by atoms with Crippen LogP contribution < -0.4 is 14.0 Å². The number of imidazole rings is 1. The van der Waals surface area contributed by atoms with Crippen molar-refractivity contribution in [1.82, 2.24) is 4.57 Å². The largest absolute Gasteiger partial charge is 0.497 e. The number of ether oxygens (including phenoxy) is 2. The molecule has 0 radical (unpaired) electrons. The van der Waals surface area contributed by atoms with Crippen LogP contribution in [0.1, 0.15) is 393 Å². The van der Waals surface area contributed by atoms with Gasteiger partial charge >= 0.3 is 0 Å². The van der Waals surface area contributed by atoms with Gasteiger partial charge in [0.2, 0.25) is 0 Å². The molecule has 4 nitrogen and oxygen atoms in total. The fraction of sp³-hybridized carbons (Fsp3) is 0.462. The molecule has 10 aromatic carbocycles. The van der Waals surface area contributed by atoms with Gasteiger partial charge in [0, 0.05) is 45.9 Å². The van der Waals surface area contributed by atoms with Gasteiger partial charge in [0.25, 0.3) is 6.33 Å². The highest BCUT2D eigenvalue weighted by atomic mass is 16.5. The van der Waals surface area contributed by atoms with Gasteiger partial charge in [0.15, 0.2) is 0 Å². The van der Waals surface area contributed by atoms with Crippen LogP contribution in [0.25, 0.3) is 11.4 Å². The standard InChI is InChI=1S/C117H153N2O2/c1-19-35-82-53-83(36-20-2)62-98(61-82)112(99-63-84(37-21-3)54-85(64-99)38-22-4)108-77-106(120-17)78-109(113(100-65-86(39-23-5)55-87(66-100)40-24-6)101-67-88(41-25-7)56-89(68-101)42-26-8)116(108)118-51-52-119(81-118)117-110(114(102-69-90(43-27-9)57-91(70-102)44-28-10)103-71-92(45-29-11)58-93(72-103)46-30-12)79-107(121-18)80-111(117)115(104-73-94(47-31-13)59-95(74-104)48-32-14)105-75-96(49-33-15)60-97(76-105)50-34-16/h51-81,112-115H,19-50H2,1-18H3/q+1. The molecule has 1 heterocycles. The Balaban J connectivity index is 1.43. The molecule has 0 fully saturated rings. The van der Waals surface area contributed by atoms with Gasteiger partial charge in [-0.2, -0.15) is 0 Å². The fourth-order valence-electron chi connectivity index (χ4n) is 20.4. The Kier molecular flexibility index (Phi) is 35.6. The first-order valence-electron chi connectivity index (χ1n) is 48.6. The second-order valence-corrected chi connectivity index (χ2v) is 35.9. The van der Waals surface area contributed by atoms with Crippen molar-refractivity contribution in [3.63, 3.8) is 0 Å². The van der Waals surface area contributed by atoms with Crippen molar-refractivity contribution >= 4 is 0 Å². The minimum atomic E-state index is -0.203. The lowest BCUT2D eigenvalue weighted by Crippen LogP contribution is -2.33. The highest BCUT2D eigenvalue weighted by molar-refractivity contribution is 5.67. The number of methoxy groups -OCH3 is 2. The molecule has 0 atom stereocenters. The smallest absolute Gasteiger partial charge is 0.254 e. The quantitative estimate of drug-likeness (QED) is 0.0281. The molecule has 0 aliphatic rings. The predicted molar refractivity (Wildman–Crippen MR) is 520 cm³/mol. The zero-order chi connectivity index (χ0) is 85.9. The van der Waals surface area contributed by atoms with E-state index in [0.717, 1.165) is 217 Å². The van der Waals surface area contributed by atoms with Crippen LogP contribution in [0.3, 0.4) is 0 Å². The Morgan fingerprint density at radius 1 is 0.215 bits per heavy atom. The van der Waals surface area contributed by atoms with Gasteiger partial charge in [-0.15, -0.1) is 0 Å². The van der Waals surface area contributed by atoms with Gasteiger partial charge in [-0.25, -0.2) is 9.13 Å². The van der Waals surface area contributed by atoms with Crippen LogP contribution in [0.5, 0.6) is 11.5 Å². The summed E-state index contributed by atoms with van der Waals surface area (Å²) in [6.45, 7) is 37.7. The summed E-state index contributed by atoms with van der Waals surface area (Å²) in [6.07, 6.45) is 40.8. The minimum Gasteiger partial charge on any atom is -0.497 e. The van der Waals surface area contributed by atoms with Gasteiger partial charge in [-0.1, -0.05) is 359 Å². The second-order valence-electron chi connectivity index (χ2n) is 35.9. The average Bonchev–Trinajstić information content (AvgIpc) is 1.67. The molecule has 11 rings (SSSR count). The minimum absolute atomic E-state index is 0.203. The summed E-state index contributed by atoms with van der Waals surface area (Å²) in [5.74, 6) is 0.947. The van der Waals surface area contributed by atoms with Crippen molar-refractivity contribution in [2.45, 2.75) is 340 Å². The van der Waals surface area contributed by atoms with Crippen molar-refractivity contribution in [3.05, 3.63) is 344 Å². The normalized spacial score (nSPS) is 11.8. The van der Waals surface area contributed by atoms with E-state index < -0.39 is 0 Å². The van der Waals surface area contributed by atoms with Crippen molar-refractivity contribution in [2.24, 2.45) is 0 Å². The molecule has 0 bridgehead atoms. The topological polar surface area (TPSA) is 27.3 Å². The third-order valence-corrected chi connectivity index (χ3v) is 25.0. The molecule has 0 unspecified atom stereocenters. The zero-order valence-electron chi connectivity index (χ0n) is 78.5. The monoisotopic (exact) mass is 1620 g/mol. The lowest BCUT2D eigenvalue weighted by Gasteiger charge is -2.29. The molecule has 0 N–H and O–H groups in total. The second kappa shape index (κ2) is 46.5. The van der Waals surface area contributed by atoms with Crippen molar-refractivity contribution in [3.8, 4) is 22.9 Å². The van der Waals surface area contributed by atoms with Crippen molar-refractivity contribution in [2.75, 3.05) is 14.2 Å². The molecule has 0 spiro atoms. The van der Waals surface area contributed by atoms with Crippen LogP contribution in [0, 0.1) is 0 Å². The maximum absolute atomic E-state index is 7.04. The van der Waals surface area contributed by atoms with Crippen LogP contribution >= 0.6 is 0 Å². The highest BCUT2D eigenvalue weighted by Crippen LogP contribution is 2.49. The summed E-state index contributed by atoms with van der Waals surface area (Å²) in [5.41, 5.74) is 40.8. The first kappa shape index (κ1) is 92.7. The molecular weight excluding hydrogens is 1470 g/mol. The molecule has 4 heteroatoms. The molecule has 11 aromatic rings. The maximum atomic E-state index is 7.04. The number of hydrogen-bond acceptors (Lipinski definition) is 2. The molecule has 0 saturated heterocycles. The Hall–Kier alpha value is -8.99. The zero-order valence-corrected chi connectivity index (χ0v) is 78.5. The number of aromatic nitrogens is 2.